The van der Waals surface area contributed by atoms with E-state index >= 15 is 0 Å². The molecule has 1 saturated heterocycles. The summed E-state index contributed by atoms with van der Waals surface area (Å²) in [5.74, 6) is 0.291. The minimum Gasteiger partial charge on any atom is -0.340 e. The molecule has 3 heterocycles. The number of anilines is 2. The Kier molecular flexibility index (Phi) is 4.88. The topological polar surface area (TPSA) is 81.3 Å². The second-order valence-corrected chi connectivity index (χ2v) is 7.31. The van der Waals surface area contributed by atoms with E-state index in [9.17, 15) is 9.59 Å². The third-order valence-corrected chi connectivity index (χ3v) is 5.68. The third-order valence-electron chi connectivity index (χ3n) is 5.34. The molecular weight excluding hydrogens is 366 g/mol. The van der Waals surface area contributed by atoms with Gasteiger partial charge in [0.25, 0.3) is 5.56 Å². The van der Waals surface area contributed by atoms with Crippen molar-refractivity contribution in [1.29, 1.82) is 0 Å². The molecule has 1 atom stereocenters. The molecule has 0 radical (unpaired) electrons. The zero-order chi connectivity index (χ0) is 19.0. The molecule has 0 aliphatic carbocycles. The number of hydrogen-bond donors (Lipinski definition) is 2. The number of nitrogens with zero attached hydrogens (tertiary/aromatic N) is 3. The highest BCUT2D eigenvalue weighted by molar-refractivity contribution is 6.31. The number of H-pyrrole nitrogens is 1. The number of hydrogen-bond acceptors (Lipinski definition) is 5. The van der Waals surface area contributed by atoms with Crippen molar-refractivity contribution in [3.8, 4) is 0 Å². The number of benzene rings is 1. The predicted molar refractivity (Wildman–Crippen MR) is 106 cm³/mol. The van der Waals surface area contributed by atoms with E-state index in [4.69, 9.17) is 11.6 Å². The number of piperazine rings is 1. The van der Waals surface area contributed by atoms with E-state index < -0.39 is 5.92 Å². The lowest BCUT2D eigenvalue weighted by molar-refractivity contribution is -0.116. The SMILES string of the molecule is CCN1CCN(c2nc3c(c(=O)[nH]2)[C@H](c2ccccc2Cl)CC(=O)N3)CC1. The first-order valence-electron chi connectivity index (χ1n) is 9.22. The highest BCUT2D eigenvalue weighted by atomic mass is 35.5. The number of aromatic nitrogens is 2. The van der Waals surface area contributed by atoms with Crippen molar-refractivity contribution in [3.05, 3.63) is 50.8 Å². The van der Waals surface area contributed by atoms with Gasteiger partial charge in [0.2, 0.25) is 11.9 Å². The van der Waals surface area contributed by atoms with Crippen LogP contribution in [0, 0.1) is 0 Å². The lowest BCUT2D eigenvalue weighted by Crippen LogP contribution is -2.47. The molecule has 27 heavy (non-hydrogen) atoms. The number of carbonyl (C=O) groups is 1. The molecule has 0 unspecified atom stereocenters. The number of halogens is 1. The Morgan fingerprint density at radius 3 is 2.63 bits per heavy atom. The van der Waals surface area contributed by atoms with Gasteiger partial charge in [-0.05, 0) is 18.2 Å². The largest absolute Gasteiger partial charge is 0.340 e. The molecule has 2 aliphatic rings. The van der Waals surface area contributed by atoms with Crippen LogP contribution in [0.4, 0.5) is 11.8 Å². The smallest absolute Gasteiger partial charge is 0.258 e. The van der Waals surface area contributed by atoms with Crippen molar-refractivity contribution < 1.29 is 4.79 Å². The number of carbonyl (C=O) groups excluding carboxylic acids is 1. The van der Waals surface area contributed by atoms with Crippen LogP contribution in [0.1, 0.15) is 30.4 Å². The van der Waals surface area contributed by atoms with E-state index in [0.29, 0.717) is 22.4 Å². The lowest BCUT2D eigenvalue weighted by atomic mass is 9.87. The number of likely N-dealkylation sites (N-methyl/N-ethyl adjacent to an activating group) is 1. The maximum absolute atomic E-state index is 12.9. The van der Waals surface area contributed by atoms with Gasteiger partial charge >= 0.3 is 0 Å². The first-order chi connectivity index (χ1) is 13.1. The van der Waals surface area contributed by atoms with Crippen molar-refractivity contribution in [2.75, 3.05) is 42.9 Å². The Hall–Kier alpha value is -2.38. The van der Waals surface area contributed by atoms with Gasteiger partial charge in [0.15, 0.2) is 0 Å². The molecule has 0 bridgehead atoms. The average Bonchev–Trinajstić information content (AvgIpc) is 2.67. The summed E-state index contributed by atoms with van der Waals surface area (Å²) in [6, 6.07) is 7.31. The van der Waals surface area contributed by atoms with Crippen molar-refractivity contribution in [1.82, 2.24) is 14.9 Å². The van der Waals surface area contributed by atoms with E-state index in [1.807, 2.05) is 18.2 Å². The Labute approximate surface area is 162 Å². The van der Waals surface area contributed by atoms with E-state index in [0.717, 1.165) is 38.3 Å². The number of rotatable bonds is 3. The van der Waals surface area contributed by atoms with E-state index in [-0.39, 0.29) is 17.9 Å². The molecule has 1 fully saturated rings. The van der Waals surface area contributed by atoms with Crippen LogP contribution in [0.25, 0.3) is 0 Å². The van der Waals surface area contributed by atoms with Crippen LogP contribution in [-0.2, 0) is 4.79 Å². The Morgan fingerprint density at radius 2 is 1.93 bits per heavy atom. The summed E-state index contributed by atoms with van der Waals surface area (Å²) >= 11 is 6.33. The molecule has 2 aromatic rings. The van der Waals surface area contributed by atoms with Crippen LogP contribution < -0.4 is 15.8 Å². The zero-order valence-electron chi connectivity index (χ0n) is 15.2. The van der Waals surface area contributed by atoms with Crippen LogP contribution in [0.2, 0.25) is 5.02 Å². The van der Waals surface area contributed by atoms with Crippen LogP contribution in [0.15, 0.2) is 29.1 Å². The average molecular weight is 388 g/mol. The van der Waals surface area contributed by atoms with Gasteiger partial charge < -0.3 is 15.1 Å². The number of amides is 1. The standard InChI is InChI=1S/C19H22ClN5O2/c1-2-24-7-9-25(10-8-24)19-22-17-16(18(27)23-19)13(11-15(26)21-17)12-5-3-4-6-14(12)20/h3-6,13H,2,7-11H2,1H3,(H2,21,22,23,26,27)/t13-/m0/s1. The Balaban J connectivity index is 1.71. The molecule has 0 saturated carbocycles. The van der Waals surface area contributed by atoms with E-state index in [1.54, 1.807) is 6.07 Å². The minimum atomic E-state index is -0.398. The maximum Gasteiger partial charge on any atom is 0.258 e. The van der Waals surface area contributed by atoms with Crippen molar-refractivity contribution >= 4 is 29.3 Å². The van der Waals surface area contributed by atoms with Crippen LogP contribution >= 0.6 is 11.6 Å². The molecule has 8 heteroatoms. The summed E-state index contributed by atoms with van der Waals surface area (Å²) < 4.78 is 0. The third kappa shape index (κ3) is 3.44. The summed E-state index contributed by atoms with van der Waals surface area (Å²) in [7, 11) is 0. The molecule has 1 amide bonds. The molecule has 2 aliphatic heterocycles. The molecule has 4 rings (SSSR count). The quantitative estimate of drug-likeness (QED) is 0.842. The van der Waals surface area contributed by atoms with E-state index in [1.165, 1.54) is 0 Å². The van der Waals surface area contributed by atoms with Gasteiger partial charge in [-0.15, -0.1) is 0 Å². The van der Waals surface area contributed by atoms with Crippen LogP contribution in [0.3, 0.4) is 0 Å². The molecule has 7 nitrogen and oxygen atoms in total. The molecule has 1 aromatic carbocycles. The fourth-order valence-corrected chi connectivity index (χ4v) is 4.08. The van der Waals surface area contributed by atoms with Gasteiger partial charge in [-0.1, -0.05) is 36.7 Å². The molecule has 2 N–H and O–H groups in total. The van der Waals surface area contributed by atoms with Gasteiger partial charge in [0, 0.05) is 43.5 Å². The summed E-state index contributed by atoms with van der Waals surface area (Å²) in [6.07, 6.45) is 0.177. The Morgan fingerprint density at radius 1 is 1.19 bits per heavy atom. The summed E-state index contributed by atoms with van der Waals surface area (Å²) in [4.78, 5) is 37.1. The van der Waals surface area contributed by atoms with E-state index in [2.05, 4.69) is 32.0 Å². The first kappa shape index (κ1) is 18.0. The monoisotopic (exact) mass is 387 g/mol. The van der Waals surface area contributed by atoms with Crippen molar-refractivity contribution in [2.24, 2.45) is 0 Å². The number of nitrogens with one attached hydrogen (secondary N) is 2. The first-order valence-corrected chi connectivity index (χ1v) is 9.60. The summed E-state index contributed by atoms with van der Waals surface area (Å²) in [5, 5.41) is 3.31. The molecule has 1 aromatic heterocycles. The molecule has 0 spiro atoms. The van der Waals surface area contributed by atoms with Gasteiger partial charge in [-0.25, -0.2) is 0 Å². The van der Waals surface area contributed by atoms with Crippen LogP contribution in [0.5, 0.6) is 0 Å². The summed E-state index contributed by atoms with van der Waals surface area (Å²) in [6.45, 7) is 6.57. The van der Waals surface area contributed by atoms with Crippen molar-refractivity contribution in [3.63, 3.8) is 0 Å². The van der Waals surface area contributed by atoms with Gasteiger partial charge in [-0.2, -0.15) is 4.98 Å². The number of fused-ring (bicyclic) bond motifs is 1. The van der Waals surface area contributed by atoms with Gasteiger partial charge in [0.1, 0.15) is 5.82 Å². The lowest BCUT2D eigenvalue weighted by Gasteiger charge is -2.35. The Bertz CT molecular complexity index is 921. The fraction of sp³-hybridized carbons (Fsp3) is 0.421. The highest BCUT2D eigenvalue weighted by Crippen LogP contribution is 2.37. The minimum absolute atomic E-state index is 0.160. The number of aromatic amines is 1. The highest BCUT2D eigenvalue weighted by Gasteiger charge is 2.32. The molecular formula is C19H22ClN5O2. The second kappa shape index (κ2) is 7.32. The predicted octanol–water partition coefficient (Wildman–Crippen LogP) is 2.04. The molecule has 142 valence electrons. The normalized spacial score (nSPS) is 20.3. The van der Waals surface area contributed by atoms with Gasteiger partial charge in [-0.3, -0.25) is 14.6 Å². The van der Waals surface area contributed by atoms with Crippen molar-refractivity contribution in [2.45, 2.75) is 19.3 Å². The maximum atomic E-state index is 12.9. The second-order valence-electron chi connectivity index (χ2n) is 6.90. The fourth-order valence-electron chi connectivity index (χ4n) is 3.81. The zero-order valence-corrected chi connectivity index (χ0v) is 15.9. The summed E-state index contributed by atoms with van der Waals surface area (Å²) in [5.41, 5.74) is 1.02. The van der Waals surface area contributed by atoms with Gasteiger partial charge in [0.05, 0.1) is 5.56 Å². The van der Waals surface area contributed by atoms with Crippen LogP contribution in [-0.4, -0.2) is 53.5 Å².